The first kappa shape index (κ1) is 11.6. The van der Waals surface area contributed by atoms with Crippen LogP contribution in [0.5, 0.6) is 0 Å². The number of piperidine rings is 1. The topological polar surface area (TPSA) is 57.6 Å². The maximum Gasteiger partial charge on any atom is 0.335 e. The molecule has 90 valence electrons. The van der Waals surface area contributed by atoms with E-state index in [-0.39, 0.29) is 11.3 Å². The Kier molecular flexibility index (Phi) is 3.08. The summed E-state index contributed by atoms with van der Waals surface area (Å²) in [5.74, 6) is -1.52. The fourth-order valence-electron chi connectivity index (χ4n) is 1.89. The number of hydrogen-bond donors (Lipinski definition) is 1. The summed E-state index contributed by atoms with van der Waals surface area (Å²) in [4.78, 5) is 23.5. The van der Waals surface area contributed by atoms with Crippen LogP contribution in [-0.4, -0.2) is 29.9 Å². The molecule has 1 aliphatic rings. The predicted molar refractivity (Wildman–Crippen MR) is 59.8 cm³/mol. The molecule has 1 heterocycles. The molecule has 0 saturated carbocycles. The molecule has 0 atom stereocenters. The zero-order valence-corrected chi connectivity index (χ0v) is 9.15. The Morgan fingerprint density at radius 1 is 1.29 bits per heavy atom. The highest BCUT2D eigenvalue weighted by Crippen LogP contribution is 2.23. The van der Waals surface area contributed by atoms with E-state index in [0.717, 1.165) is 6.07 Å². The molecule has 5 heteroatoms. The van der Waals surface area contributed by atoms with Crippen molar-refractivity contribution in [1.82, 2.24) is 0 Å². The average Bonchev–Trinajstić information content (AvgIpc) is 2.30. The summed E-state index contributed by atoms with van der Waals surface area (Å²) in [7, 11) is 0. The van der Waals surface area contributed by atoms with Crippen LogP contribution < -0.4 is 4.90 Å². The zero-order valence-electron chi connectivity index (χ0n) is 9.15. The van der Waals surface area contributed by atoms with Crippen molar-refractivity contribution in [2.24, 2.45) is 0 Å². The van der Waals surface area contributed by atoms with Crippen LogP contribution in [0.1, 0.15) is 23.2 Å². The summed E-state index contributed by atoms with van der Waals surface area (Å²) in [6.07, 6.45) is 0.834. The van der Waals surface area contributed by atoms with Crippen LogP contribution in [0.15, 0.2) is 18.2 Å². The molecule has 1 aliphatic heterocycles. The first-order chi connectivity index (χ1) is 8.08. The number of anilines is 1. The number of benzene rings is 1. The average molecular weight is 237 g/mol. The molecule has 0 bridgehead atoms. The quantitative estimate of drug-likeness (QED) is 0.850. The number of carboxylic acids is 1. The normalized spacial score (nSPS) is 16.1. The third-order valence-corrected chi connectivity index (χ3v) is 2.86. The van der Waals surface area contributed by atoms with Gasteiger partial charge in [0.05, 0.1) is 11.3 Å². The Bertz CT molecular complexity index is 463. The van der Waals surface area contributed by atoms with Crippen LogP contribution in [0.25, 0.3) is 0 Å². The number of carbonyl (C=O) groups is 2. The lowest BCUT2D eigenvalue weighted by Gasteiger charge is -2.28. The van der Waals surface area contributed by atoms with Crippen LogP contribution in [0.3, 0.4) is 0 Å². The van der Waals surface area contributed by atoms with Gasteiger partial charge in [0.2, 0.25) is 0 Å². The number of rotatable bonds is 2. The van der Waals surface area contributed by atoms with Crippen LogP contribution in [0.2, 0.25) is 0 Å². The lowest BCUT2D eigenvalue weighted by atomic mass is 10.1. The molecule has 1 N–H and O–H groups in total. The van der Waals surface area contributed by atoms with E-state index in [4.69, 9.17) is 5.11 Å². The maximum absolute atomic E-state index is 13.7. The Balaban J connectivity index is 2.21. The highest BCUT2D eigenvalue weighted by Gasteiger charge is 2.19. The number of hydrogen-bond acceptors (Lipinski definition) is 3. The molecule has 0 radical (unpaired) electrons. The first-order valence-electron chi connectivity index (χ1n) is 5.37. The van der Waals surface area contributed by atoms with Gasteiger partial charge in [-0.15, -0.1) is 0 Å². The fraction of sp³-hybridized carbons (Fsp3) is 0.333. The number of carbonyl (C=O) groups excluding carboxylic acids is 1. The Morgan fingerprint density at radius 3 is 2.47 bits per heavy atom. The zero-order chi connectivity index (χ0) is 12.4. The Morgan fingerprint density at radius 2 is 1.94 bits per heavy atom. The van der Waals surface area contributed by atoms with E-state index in [9.17, 15) is 14.0 Å². The van der Waals surface area contributed by atoms with E-state index in [2.05, 4.69) is 0 Å². The summed E-state index contributed by atoms with van der Waals surface area (Å²) in [6.45, 7) is 0.977. The second-order valence-electron chi connectivity index (χ2n) is 4.00. The van der Waals surface area contributed by atoms with Crippen molar-refractivity contribution in [3.8, 4) is 0 Å². The van der Waals surface area contributed by atoms with Gasteiger partial charge in [0.1, 0.15) is 11.6 Å². The number of Topliss-reactive ketones (excluding diaryl/α,β-unsaturated/α-hetero) is 1. The summed E-state index contributed by atoms with van der Waals surface area (Å²) >= 11 is 0. The van der Waals surface area contributed by atoms with Gasteiger partial charge in [-0.2, -0.15) is 0 Å². The molecule has 0 aromatic heterocycles. The molecule has 1 aromatic rings. The van der Waals surface area contributed by atoms with Crippen LogP contribution >= 0.6 is 0 Å². The van der Waals surface area contributed by atoms with E-state index in [1.165, 1.54) is 12.1 Å². The lowest BCUT2D eigenvalue weighted by Crippen LogP contribution is -2.34. The van der Waals surface area contributed by atoms with Gasteiger partial charge in [0.25, 0.3) is 0 Å². The van der Waals surface area contributed by atoms with Crippen molar-refractivity contribution < 1.29 is 19.1 Å². The smallest absolute Gasteiger partial charge is 0.335 e. The van der Waals surface area contributed by atoms with Crippen molar-refractivity contribution in [3.63, 3.8) is 0 Å². The van der Waals surface area contributed by atoms with Crippen molar-refractivity contribution in [2.45, 2.75) is 12.8 Å². The van der Waals surface area contributed by atoms with Gasteiger partial charge in [-0.25, -0.2) is 9.18 Å². The number of carboxylic acid groups (broad SMARTS) is 1. The van der Waals surface area contributed by atoms with Crippen LogP contribution in [0.4, 0.5) is 10.1 Å². The van der Waals surface area contributed by atoms with Crippen LogP contribution in [-0.2, 0) is 4.79 Å². The number of ketones is 1. The molecule has 1 saturated heterocycles. The number of nitrogens with zero attached hydrogens (tertiary/aromatic N) is 1. The monoisotopic (exact) mass is 237 g/mol. The van der Waals surface area contributed by atoms with Gasteiger partial charge < -0.3 is 10.0 Å². The van der Waals surface area contributed by atoms with Gasteiger partial charge in [-0.05, 0) is 18.2 Å². The van der Waals surface area contributed by atoms with E-state index in [1.54, 1.807) is 4.90 Å². The maximum atomic E-state index is 13.7. The van der Waals surface area contributed by atoms with Gasteiger partial charge in [-0.3, -0.25) is 4.79 Å². The standard InChI is InChI=1S/C12H12FNO3/c13-10-7-8(12(16)17)1-2-11(10)14-5-3-9(15)4-6-14/h1-2,7H,3-6H2,(H,16,17). The molecule has 2 rings (SSSR count). The summed E-state index contributed by atoms with van der Waals surface area (Å²) < 4.78 is 13.7. The van der Waals surface area contributed by atoms with E-state index < -0.39 is 11.8 Å². The van der Waals surface area contributed by atoms with Crippen molar-refractivity contribution in [2.75, 3.05) is 18.0 Å². The minimum atomic E-state index is -1.15. The van der Waals surface area contributed by atoms with Crippen LogP contribution in [0, 0.1) is 5.82 Å². The predicted octanol–water partition coefficient (Wildman–Crippen LogP) is 1.69. The third-order valence-electron chi connectivity index (χ3n) is 2.86. The molecule has 0 spiro atoms. The first-order valence-corrected chi connectivity index (χ1v) is 5.37. The van der Waals surface area contributed by atoms with E-state index >= 15 is 0 Å². The van der Waals surface area contributed by atoms with E-state index in [0.29, 0.717) is 31.6 Å². The van der Waals surface area contributed by atoms with Gasteiger partial charge in [0, 0.05) is 25.9 Å². The van der Waals surface area contributed by atoms with Gasteiger partial charge in [0.15, 0.2) is 0 Å². The summed E-state index contributed by atoms with van der Waals surface area (Å²) in [6, 6.07) is 3.83. The summed E-state index contributed by atoms with van der Waals surface area (Å²) in [5.41, 5.74) is 0.293. The van der Waals surface area contributed by atoms with Gasteiger partial charge in [-0.1, -0.05) is 0 Å². The molecular weight excluding hydrogens is 225 g/mol. The SMILES string of the molecule is O=C1CCN(c2ccc(C(=O)O)cc2F)CC1. The third kappa shape index (κ3) is 2.43. The molecular formula is C12H12FNO3. The second kappa shape index (κ2) is 4.53. The minimum absolute atomic E-state index is 0.0701. The molecule has 1 aromatic carbocycles. The molecule has 4 nitrogen and oxygen atoms in total. The highest BCUT2D eigenvalue weighted by atomic mass is 19.1. The van der Waals surface area contributed by atoms with Gasteiger partial charge >= 0.3 is 5.97 Å². The molecule has 0 unspecified atom stereocenters. The summed E-state index contributed by atoms with van der Waals surface area (Å²) in [5, 5.41) is 8.72. The molecule has 0 amide bonds. The minimum Gasteiger partial charge on any atom is -0.478 e. The molecule has 0 aliphatic carbocycles. The molecule has 17 heavy (non-hydrogen) atoms. The lowest BCUT2D eigenvalue weighted by molar-refractivity contribution is -0.119. The number of aromatic carboxylic acids is 1. The molecule has 1 fully saturated rings. The van der Waals surface area contributed by atoms with Crippen molar-refractivity contribution in [1.29, 1.82) is 0 Å². The Hall–Kier alpha value is -1.91. The van der Waals surface area contributed by atoms with Crippen molar-refractivity contribution in [3.05, 3.63) is 29.6 Å². The largest absolute Gasteiger partial charge is 0.478 e. The number of halogens is 1. The second-order valence-corrected chi connectivity index (χ2v) is 4.00. The Labute approximate surface area is 97.7 Å². The van der Waals surface area contributed by atoms with E-state index in [1.807, 2.05) is 0 Å². The fourth-order valence-corrected chi connectivity index (χ4v) is 1.89. The van der Waals surface area contributed by atoms with Crippen molar-refractivity contribution >= 4 is 17.4 Å². The highest BCUT2D eigenvalue weighted by molar-refractivity contribution is 5.88.